The lowest BCUT2D eigenvalue weighted by atomic mass is 10.4. The zero-order valence-electron chi connectivity index (χ0n) is 5.82. The molecule has 0 amide bonds. The summed E-state index contributed by atoms with van der Waals surface area (Å²) in [4.78, 5) is 12.0. The Labute approximate surface area is 60.3 Å². The second kappa shape index (κ2) is 4.06. The minimum atomic E-state index is 0.767. The van der Waals surface area contributed by atoms with Crippen LogP contribution < -0.4 is 0 Å². The van der Waals surface area contributed by atoms with Crippen molar-refractivity contribution in [3.63, 3.8) is 0 Å². The summed E-state index contributed by atoms with van der Waals surface area (Å²) in [6, 6.07) is 0. The van der Waals surface area contributed by atoms with Gasteiger partial charge in [-0.05, 0) is 6.08 Å². The van der Waals surface area contributed by atoms with E-state index in [1.807, 2.05) is 0 Å². The largest absolute Gasteiger partial charge is 0.378 e. The summed E-state index contributed by atoms with van der Waals surface area (Å²) in [5.41, 5.74) is 0. The van der Waals surface area contributed by atoms with Gasteiger partial charge in [-0.25, -0.2) is 0 Å². The molecule has 1 rings (SSSR count). The van der Waals surface area contributed by atoms with Crippen LogP contribution in [0, 0.1) is 0 Å². The number of carbonyl (C=O) groups excluding carboxylic acids is 1. The molecule has 1 aliphatic heterocycles. The molecule has 3 nitrogen and oxygen atoms in total. The molecule has 1 saturated heterocycles. The van der Waals surface area contributed by atoms with Gasteiger partial charge in [0.1, 0.15) is 6.29 Å². The molecule has 1 aliphatic rings. The van der Waals surface area contributed by atoms with Crippen molar-refractivity contribution >= 4 is 6.29 Å². The maximum atomic E-state index is 9.90. The highest BCUT2D eigenvalue weighted by Crippen LogP contribution is 1.95. The first-order chi connectivity index (χ1) is 4.93. The number of rotatable bonds is 2. The molecule has 1 fully saturated rings. The molecule has 0 aliphatic carbocycles. The summed E-state index contributed by atoms with van der Waals surface area (Å²) >= 11 is 0. The van der Waals surface area contributed by atoms with Gasteiger partial charge in [-0.2, -0.15) is 0 Å². The van der Waals surface area contributed by atoms with E-state index in [2.05, 4.69) is 4.90 Å². The highest BCUT2D eigenvalue weighted by Gasteiger charge is 2.03. The lowest BCUT2D eigenvalue weighted by molar-refractivity contribution is -0.104. The minimum absolute atomic E-state index is 0.767. The maximum Gasteiger partial charge on any atom is 0.144 e. The van der Waals surface area contributed by atoms with Gasteiger partial charge in [0.15, 0.2) is 0 Å². The van der Waals surface area contributed by atoms with E-state index in [9.17, 15) is 4.79 Å². The van der Waals surface area contributed by atoms with Crippen LogP contribution in [0.3, 0.4) is 0 Å². The van der Waals surface area contributed by atoms with E-state index in [-0.39, 0.29) is 0 Å². The van der Waals surface area contributed by atoms with Crippen LogP contribution in [-0.2, 0) is 9.53 Å². The van der Waals surface area contributed by atoms with Crippen LogP contribution >= 0.6 is 0 Å². The average molecular weight is 141 g/mol. The molecule has 0 aromatic carbocycles. The van der Waals surface area contributed by atoms with Gasteiger partial charge >= 0.3 is 0 Å². The molecule has 0 aromatic heterocycles. The number of morpholine rings is 1. The van der Waals surface area contributed by atoms with E-state index < -0.39 is 0 Å². The van der Waals surface area contributed by atoms with Gasteiger partial charge in [0.25, 0.3) is 0 Å². The highest BCUT2D eigenvalue weighted by molar-refractivity contribution is 5.64. The molecule has 0 unspecified atom stereocenters. The molecule has 0 spiro atoms. The second-order valence-corrected chi connectivity index (χ2v) is 2.13. The number of hydrogen-bond acceptors (Lipinski definition) is 3. The van der Waals surface area contributed by atoms with Gasteiger partial charge in [-0.1, -0.05) is 0 Å². The first-order valence-electron chi connectivity index (χ1n) is 3.37. The Balaban J connectivity index is 2.25. The number of allylic oxidation sites excluding steroid dienone is 1. The van der Waals surface area contributed by atoms with Gasteiger partial charge < -0.3 is 9.64 Å². The smallest absolute Gasteiger partial charge is 0.144 e. The molecule has 10 heavy (non-hydrogen) atoms. The van der Waals surface area contributed by atoms with Crippen LogP contribution in [0.25, 0.3) is 0 Å². The summed E-state index contributed by atoms with van der Waals surface area (Å²) in [5.74, 6) is 0. The molecule has 0 N–H and O–H groups in total. The number of nitrogens with zero attached hydrogens (tertiary/aromatic N) is 1. The van der Waals surface area contributed by atoms with Gasteiger partial charge in [0.2, 0.25) is 0 Å². The van der Waals surface area contributed by atoms with Crippen molar-refractivity contribution in [3.05, 3.63) is 12.3 Å². The van der Waals surface area contributed by atoms with Crippen LogP contribution in [0.15, 0.2) is 12.3 Å². The summed E-state index contributed by atoms with van der Waals surface area (Å²) in [6.07, 6.45) is 4.09. The zero-order chi connectivity index (χ0) is 7.23. The number of carbonyl (C=O) groups is 1. The molecule has 56 valence electrons. The fourth-order valence-electron chi connectivity index (χ4n) is 0.883. The summed E-state index contributed by atoms with van der Waals surface area (Å²) < 4.78 is 5.12. The Kier molecular flexibility index (Phi) is 2.96. The van der Waals surface area contributed by atoms with Crippen LogP contribution in [0.4, 0.5) is 0 Å². The standard InChI is InChI=1S/C7H11NO2/c9-5-1-2-8-3-6-10-7-4-8/h1-2,5H,3-4,6-7H2/b2-1-. The molecule has 0 bridgehead atoms. The van der Waals surface area contributed by atoms with Gasteiger partial charge in [0, 0.05) is 19.3 Å². The van der Waals surface area contributed by atoms with Crippen molar-refractivity contribution < 1.29 is 9.53 Å². The SMILES string of the molecule is O=C/C=C\N1CCOCC1. The quantitative estimate of drug-likeness (QED) is 0.401. The molecule has 0 radical (unpaired) electrons. The van der Waals surface area contributed by atoms with Crippen molar-refractivity contribution in [3.8, 4) is 0 Å². The topological polar surface area (TPSA) is 29.5 Å². The summed E-state index contributed by atoms with van der Waals surface area (Å²) in [5, 5.41) is 0. The molecular weight excluding hydrogens is 130 g/mol. The zero-order valence-corrected chi connectivity index (χ0v) is 5.82. The van der Waals surface area contributed by atoms with Crippen molar-refractivity contribution in [1.82, 2.24) is 4.90 Å². The number of ether oxygens (including phenoxy) is 1. The van der Waals surface area contributed by atoms with Gasteiger partial charge in [-0.3, -0.25) is 4.79 Å². The first-order valence-corrected chi connectivity index (χ1v) is 3.37. The molecule has 1 heterocycles. The van der Waals surface area contributed by atoms with E-state index in [4.69, 9.17) is 4.74 Å². The predicted octanol–water partition coefficient (Wildman–Crippen LogP) is 0.0312. The molecule has 0 atom stereocenters. The summed E-state index contributed by atoms with van der Waals surface area (Å²) in [6.45, 7) is 3.32. The van der Waals surface area contributed by atoms with Crippen LogP contribution in [0.5, 0.6) is 0 Å². The Morgan fingerprint density at radius 2 is 2.00 bits per heavy atom. The minimum Gasteiger partial charge on any atom is -0.378 e. The third kappa shape index (κ3) is 2.19. The number of aldehydes is 1. The van der Waals surface area contributed by atoms with E-state index >= 15 is 0 Å². The van der Waals surface area contributed by atoms with Crippen molar-refractivity contribution in [2.75, 3.05) is 26.3 Å². The first kappa shape index (κ1) is 7.28. The fourth-order valence-corrected chi connectivity index (χ4v) is 0.883. The molecule has 3 heteroatoms. The number of hydrogen-bond donors (Lipinski definition) is 0. The van der Waals surface area contributed by atoms with Crippen LogP contribution in [-0.4, -0.2) is 37.5 Å². The molecular formula is C7H11NO2. The van der Waals surface area contributed by atoms with Crippen molar-refractivity contribution in [2.24, 2.45) is 0 Å². The maximum absolute atomic E-state index is 9.90. The van der Waals surface area contributed by atoms with Crippen LogP contribution in [0.1, 0.15) is 0 Å². The van der Waals surface area contributed by atoms with E-state index in [0.29, 0.717) is 0 Å². The van der Waals surface area contributed by atoms with E-state index in [1.165, 1.54) is 6.08 Å². The Hall–Kier alpha value is -0.830. The third-order valence-electron chi connectivity index (χ3n) is 1.42. The lowest BCUT2D eigenvalue weighted by Gasteiger charge is -2.24. The molecule has 0 saturated carbocycles. The second-order valence-electron chi connectivity index (χ2n) is 2.13. The van der Waals surface area contributed by atoms with Gasteiger partial charge in [0.05, 0.1) is 13.2 Å². The Morgan fingerprint density at radius 3 is 2.60 bits per heavy atom. The van der Waals surface area contributed by atoms with Crippen molar-refractivity contribution in [1.29, 1.82) is 0 Å². The average Bonchev–Trinajstić information content (AvgIpc) is 2.03. The van der Waals surface area contributed by atoms with Crippen molar-refractivity contribution in [2.45, 2.75) is 0 Å². The Morgan fingerprint density at radius 1 is 1.30 bits per heavy atom. The highest BCUT2D eigenvalue weighted by atomic mass is 16.5. The summed E-state index contributed by atoms with van der Waals surface area (Å²) in [7, 11) is 0. The monoisotopic (exact) mass is 141 g/mol. The lowest BCUT2D eigenvalue weighted by Crippen LogP contribution is -2.31. The molecule has 0 aromatic rings. The van der Waals surface area contributed by atoms with E-state index in [1.54, 1.807) is 6.20 Å². The third-order valence-corrected chi connectivity index (χ3v) is 1.42. The van der Waals surface area contributed by atoms with Crippen LogP contribution in [0.2, 0.25) is 0 Å². The predicted molar refractivity (Wildman–Crippen MR) is 37.6 cm³/mol. The van der Waals surface area contributed by atoms with E-state index in [0.717, 1.165) is 32.6 Å². The fraction of sp³-hybridized carbons (Fsp3) is 0.571. The normalized spacial score (nSPS) is 19.8. The van der Waals surface area contributed by atoms with Gasteiger partial charge in [-0.15, -0.1) is 0 Å². The Bertz CT molecular complexity index is 128.